The minimum Gasteiger partial charge on any atom is -0.391 e. The predicted molar refractivity (Wildman–Crippen MR) is 66.1 cm³/mol. The van der Waals surface area contributed by atoms with E-state index in [0.717, 1.165) is 22.3 Å². The second-order valence-corrected chi connectivity index (χ2v) is 4.61. The summed E-state index contributed by atoms with van der Waals surface area (Å²) in [6.07, 6.45) is 2.19. The van der Waals surface area contributed by atoms with Gasteiger partial charge in [0.25, 0.3) is 0 Å². The molecule has 0 amide bonds. The Morgan fingerprint density at radius 3 is 2.80 bits per heavy atom. The van der Waals surface area contributed by atoms with E-state index in [-0.39, 0.29) is 12.1 Å². The average molecular weight is 273 g/mol. The third kappa shape index (κ3) is 3.47. The van der Waals surface area contributed by atoms with Gasteiger partial charge in [0.1, 0.15) is 5.82 Å². The highest BCUT2D eigenvalue weighted by atomic mass is 79.9. The molecule has 0 saturated carbocycles. The molecule has 15 heavy (non-hydrogen) atoms. The van der Waals surface area contributed by atoms with Gasteiger partial charge >= 0.3 is 0 Å². The molecule has 3 nitrogen and oxygen atoms in total. The predicted octanol–water partition coefficient (Wildman–Crippen LogP) is 2.72. The smallest absolute Gasteiger partial charge is 0.140 e. The molecule has 1 aromatic heterocycles. The number of aliphatic hydroxyl groups is 1. The van der Waals surface area contributed by atoms with E-state index in [1.54, 1.807) is 6.20 Å². The van der Waals surface area contributed by atoms with Crippen LogP contribution in [0, 0.1) is 6.92 Å². The van der Waals surface area contributed by atoms with Crippen LogP contribution in [-0.4, -0.2) is 22.2 Å². The van der Waals surface area contributed by atoms with E-state index in [2.05, 4.69) is 26.2 Å². The van der Waals surface area contributed by atoms with E-state index in [9.17, 15) is 5.11 Å². The Kier molecular flexibility index (Phi) is 4.54. The molecule has 2 unspecified atom stereocenters. The fourth-order valence-electron chi connectivity index (χ4n) is 1.31. The van der Waals surface area contributed by atoms with Gasteiger partial charge in [-0.05, 0) is 47.8 Å². The first kappa shape index (κ1) is 12.5. The van der Waals surface area contributed by atoms with Gasteiger partial charge in [-0.3, -0.25) is 0 Å². The molecule has 1 rings (SSSR count). The van der Waals surface area contributed by atoms with Gasteiger partial charge in [-0.1, -0.05) is 6.92 Å². The van der Waals surface area contributed by atoms with Crippen LogP contribution < -0.4 is 5.32 Å². The number of rotatable bonds is 4. The molecule has 1 aromatic rings. The summed E-state index contributed by atoms with van der Waals surface area (Å²) in [7, 11) is 0. The van der Waals surface area contributed by atoms with E-state index in [1.165, 1.54) is 0 Å². The van der Waals surface area contributed by atoms with Gasteiger partial charge < -0.3 is 10.4 Å². The molecule has 0 saturated heterocycles. The molecular weight excluding hydrogens is 256 g/mol. The lowest BCUT2D eigenvalue weighted by molar-refractivity contribution is 0.154. The summed E-state index contributed by atoms with van der Waals surface area (Å²) in [6, 6.07) is 2.00. The quantitative estimate of drug-likeness (QED) is 0.886. The first-order valence-corrected chi connectivity index (χ1v) is 5.90. The number of pyridine rings is 1. The Morgan fingerprint density at radius 2 is 2.27 bits per heavy atom. The number of aromatic nitrogens is 1. The molecule has 0 radical (unpaired) electrons. The summed E-state index contributed by atoms with van der Waals surface area (Å²) in [5.41, 5.74) is 1.11. The van der Waals surface area contributed by atoms with Crippen LogP contribution in [0.1, 0.15) is 25.8 Å². The van der Waals surface area contributed by atoms with Crippen molar-refractivity contribution in [2.45, 2.75) is 39.3 Å². The van der Waals surface area contributed by atoms with Gasteiger partial charge in [0.2, 0.25) is 0 Å². The molecule has 0 aliphatic heterocycles. The Labute approximate surface area is 99.1 Å². The number of nitrogens with zero attached hydrogens (tertiary/aromatic N) is 1. The number of halogens is 1. The van der Waals surface area contributed by atoms with Gasteiger partial charge in [-0.25, -0.2) is 4.98 Å². The number of aliphatic hydroxyl groups excluding tert-OH is 1. The van der Waals surface area contributed by atoms with E-state index in [4.69, 9.17) is 0 Å². The first-order valence-electron chi connectivity index (χ1n) is 5.11. The summed E-state index contributed by atoms with van der Waals surface area (Å²) in [4.78, 5) is 4.27. The van der Waals surface area contributed by atoms with Gasteiger partial charge in [-0.2, -0.15) is 0 Å². The van der Waals surface area contributed by atoms with Crippen LogP contribution in [0.4, 0.5) is 5.82 Å². The molecular formula is C11H17BrN2O. The lowest BCUT2D eigenvalue weighted by Crippen LogP contribution is -2.30. The van der Waals surface area contributed by atoms with Crippen LogP contribution in [0.5, 0.6) is 0 Å². The fraction of sp³-hybridized carbons (Fsp3) is 0.545. The molecule has 0 aliphatic rings. The minimum atomic E-state index is -0.347. The number of hydrogen-bond donors (Lipinski definition) is 2. The van der Waals surface area contributed by atoms with Gasteiger partial charge in [-0.15, -0.1) is 0 Å². The van der Waals surface area contributed by atoms with Crippen LogP contribution in [-0.2, 0) is 0 Å². The molecule has 4 heteroatoms. The normalized spacial score (nSPS) is 14.7. The molecule has 2 N–H and O–H groups in total. The largest absolute Gasteiger partial charge is 0.391 e. The van der Waals surface area contributed by atoms with Crippen molar-refractivity contribution in [2.75, 3.05) is 5.32 Å². The average Bonchev–Trinajstić information content (AvgIpc) is 2.20. The molecule has 0 bridgehead atoms. The fourth-order valence-corrected chi connectivity index (χ4v) is 1.88. The SMILES string of the molecule is CCC(O)C(C)Nc1ncc(C)cc1Br. The number of aryl methyl sites for hydroxylation is 1. The third-order valence-corrected chi connectivity index (χ3v) is 2.94. The summed E-state index contributed by atoms with van der Waals surface area (Å²) < 4.78 is 0.928. The van der Waals surface area contributed by atoms with Crippen LogP contribution >= 0.6 is 15.9 Å². The van der Waals surface area contributed by atoms with Crippen molar-refractivity contribution in [3.8, 4) is 0 Å². The monoisotopic (exact) mass is 272 g/mol. The minimum absolute atomic E-state index is 0.00139. The summed E-state index contributed by atoms with van der Waals surface area (Å²) >= 11 is 3.44. The van der Waals surface area contributed by atoms with Gasteiger partial charge in [0, 0.05) is 6.20 Å². The number of nitrogens with one attached hydrogen (secondary N) is 1. The Bertz CT molecular complexity index is 330. The summed E-state index contributed by atoms with van der Waals surface area (Å²) in [5, 5.41) is 12.8. The Morgan fingerprint density at radius 1 is 1.60 bits per heavy atom. The molecule has 0 aliphatic carbocycles. The third-order valence-electron chi connectivity index (χ3n) is 2.34. The van der Waals surface area contributed by atoms with Crippen LogP contribution in [0.3, 0.4) is 0 Å². The highest BCUT2D eigenvalue weighted by molar-refractivity contribution is 9.10. The zero-order chi connectivity index (χ0) is 11.4. The van der Waals surface area contributed by atoms with Crippen molar-refractivity contribution in [1.29, 1.82) is 0 Å². The second-order valence-electron chi connectivity index (χ2n) is 3.75. The molecule has 0 spiro atoms. The maximum absolute atomic E-state index is 9.63. The van der Waals surface area contributed by atoms with Gasteiger partial charge in [0.15, 0.2) is 0 Å². The maximum Gasteiger partial charge on any atom is 0.140 e. The van der Waals surface area contributed by atoms with Crippen LogP contribution in [0.2, 0.25) is 0 Å². The highest BCUT2D eigenvalue weighted by Gasteiger charge is 2.13. The van der Waals surface area contributed by atoms with E-state index < -0.39 is 0 Å². The maximum atomic E-state index is 9.63. The zero-order valence-corrected chi connectivity index (χ0v) is 10.9. The molecule has 1 heterocycles. The van der Waals surface area contributed by atoms with Crippen molar-refractivity contribution < 1.29 is 5.11 Å². The van der Waals surface area contributed by atoms with E-state index in [1.807, 2.05) is 26.8 Å². The summed E-state index contributed by atoms with van der Waals surface area (Å²) in [5.74, 6) is 0.778. The molecule has 2 atom stereocenters. The lowest BCUT2D eigenvalue weighted by atomic mass is 10.1. The Balaban J connectivity index is 2.72. The Hall–Kier alpha value is -0.610. The zero-order valence-electron chi connectivity index (χ0n) is 9.29. The first-order chi connectivity index (χ1) is 7.04. The van der Waals surface area contributed by atoms with Crippen molar-refractivity contribution in [3.05, 3.63) is 22.3 Å². The number of hydrogen-bond acceptors (Lipinski definition) is 3. The topological polar surface area (TPSA) is 45.1 Å². The standard InChI is InChI=1S/C11H17BrN2O/c1-4-10(15)8(3)14-11-9(12)5-7(2)6-13-11/h5-6,8,10,15H,4H2,1-3H3,(H,13,14). The van der Waals surface area contributed by atoms with Crippen molar-refractivity contribution in [2.24, 2.45) is 0 Å². The van der Waals surface area contributed by atoms with E-state index in [0.29, 0.717) is 0 Å². The lowest BCUT2D eigenvalue weighted by Gasteiger charge is -2.20. The molecule has 0 aromatic carbocycles. The molecule has 84 valence electrons. The van der Waals surface area contributed by atoms with Gasteiger partial charge in [0.05, 0.1) is 16.6 Å². The van der Waals surface area contributed by atoms with Crippen LogP contribution in [0.25, 0.3) is 0 Å². The summed E-state index contributed by atoms with van der Waals surface area (Å²) in [6.45, 7) is 5.90. The molecule has 0 fully saturated rings. The number of anilines is 1. The van der Waals surface area contributed by atoms with Crippen molar-refractivity contribution in [3.63, 3.8) is 0 Å². The highest BCUT2D eigenvalue weighted by Crippen LogP contribution is 2.21. The second kappa shape index (κ2) is 5.47. The van der Waals surface area contributed by atoms with Crippen molar-refractivity contribution >= 4 is 21.7 Å². The van der Waals surface area contributed by atoms with E-state index >= 15 is 0 Å². The van der Waals surface area contributed by atoms with Crippen LogP contribution in [0.15, 0.2) is 16.7 Å². The van der Waals surface area contributed by atoms with Crippen molar-refractivity contribution in [1.82, 2.24) is 4.98 Å².